The molecule has 0 spiro atoms. The lowest BCUT2D eigenvalue weighted by atomic mass is 10.4. The summed E-state index contributed by atoms with van der Waals surface area (Å²) in [5.41, 5.74) is 0. The summed E-state index contributed by atoms with van der Waals surface area (Å²) < 4.78 is 0. The van der Waals surface area contributed by atoms with Crippen molar-refractivity contribution >= 4 is 19.2 Å². The van der Waals surface area contributed by atoms with Gasteiger partial charge in [-0.15, -0.1) is 7.26 Å². The summed E-state index contributed by atoms with van der Waals surface area (Å²) >= 11 is 0. The fourth-order valence-corrected chi connectivity index (χ4v) is 8.06. The highest BCUT2D eigenvalue weighted by atomic mass is 31.2. The number of rotatable bonds is 14. The van der Waals surface area contributed by atoms with Crippen molar-refractivity contribution in [1.29, 1.82) is 0 Å². The Bertz CT molecular complexity index is 269. The van der Waals surface area contributed by atoms with E-state index in [4.69, 9.17) is 10.2 Å². The number of carbonyl (C=O) groups is 2. The Kier molecular flexibility index (Phi) is 18.4. The van der Waals surface area contributed by atoms with Gasteiger partial charge in [-0.2, -0.15) is 0 Å². The molecule has 0 aliphatic carbocycles. The topological polar surface area (TPSA) is 74.6 Å². The number of aliphatic carboxylic acids is 2. The molecule has 0 saturated heterocycles. The Morgan fingerprint density at radius 2 is 0.875 bits per heavy atom. The van der Waals surface area contributed by atoms with Crippen molar-refractivity contribution in [2.24, 2.45) is 0 Å². The van der Waals surface area contributed by atoms with Gasteiger partial charge < -0.3 is 10.2 Å². The number of hydrogen-bond donors (Lipinski definition) is 2. The Morgan fingerprint density at radius 3 is 1.00 bits per heavy atom. The van der Waals surface area contributed by atoms with Crippen LogP contribution in [0.15, 0.2) is 0 Å². The molecule has 145 valence electrons. The zero-order valence-electron chi connectivity index (χ0n) is 16.4. The molecule has 2 N–H and O–H groups in total. The van der Waals surface area contributed by atoms with Gasteiger partial charge in [0.15, 0.2) is 0 Å². The van der Waals surface area contributed by atoms with E-state index >= 15 is 0 Å². The van der Waals surface area contributed by atoms with Crippen LogP contribution in [0.5, 0.6) is 0 Å². The van der Waals surface area contributed by atoms with Crippen LogP contribution in [-0.4, -0.2) is 46.8 Å². The Hall–Kier alpha value is -0.630. The summed E-state index contributed by atoms with van der Waals surface area (Å²) in [4.78, 5) is 18.9. The molecule has 0 unspecified atom stereocenters. The highest BCUT2D eigenvalue weighted by Crippen LogP contribution is 2.61. The third-order valence-corrected chi connectivity index (χ3v) is 9.31. The minimum atomic E-state index is -1.31. The molecule has 0 rings (SSSR count). The molecule has 4 nitrogen and oxygen atoms in total. The van der Waals surface area contributed by atoms with Crippen LogP contribution in [0.1, 0.15) is 85.5 Å². The molecule has 24 heavy (non-hydrogen) atoms. The van der Waals surface area contributed by atoms with Gasteiger partial charge in [-0.05, 0) is 50.3 Å². The third kappa shape index (κ3) is 16.2. The molecule has 0 aliphatic heterocycles. The molecule has 0 amide bonds. The SMILES string of the molecule is CCCC[P](CCCC)(CCCC)CCCC.O=C(O)CC(=O)O. The van der Waals surface area contributed by atoms with E-state index in [1.54, 1.807) is 24.6 Å². The van der Waals surface area contributed by atoms with E-state index in [9.17, 15) is 9.59 Å². The first-order valence-corrected chi connectivity index (χ1v) is 12.2. The first-order chi connectivity index (χ1) is 11.4. The molecule has 0 saturated carbocycles. The van der Waals surface area contributed by atoms with Crippen molar-refractivity contribution in [3.8, 4) is 0 Å². The molecule has 0 aliphatic rings. The smallest absolute Gasteiger partial charge is 0.314 e. The minimum absolute atomic E-state index is 0.562. The molecule has 0 atom stereocenters. The number of carboxylic acids is 2. The minimum Gasteiger partial charge on any atom is -0.481 e. The van der Waals surface area contributed by atoms with E-state index in [0.29, 0.717) is 0 Å². The average Bonchev–Trinajstić information content (AvgIpc) is 2.53. The largest absolute Gasteiger partial charge is 0.481 e. The molecular formula is C19H40O4P. The lowest BCUT2D eigenvalue weighted by Gasteiger charge is -2.37. The maximum absolute atomic E-state index is 9.43. The second-order valence-electron chi connectivity index (χ2n) is 6.61. The van der Waals surface area contributed by atoms with Crippen LogP contribution in [0.2, 0.25) is 0 Å². The summed E-state index contributed by atoms with van der Waals surface area (Å²) in [5.74, 6) is -2.62. The van der Waals surface area contributed by atoms with Crippen molar-refractivity contribution in [2.75, 3.05) is 24.6 Å². The van der Waals surface area contributed by atoms with Gasteiger partial charge in [0.25, 0.3) is 0 Å². The van der Waals surface area contributed by atoms with Crippen molar-refractivity contribution in [1.82, 2.24) is 0 Å². The van der Waals surface area contributed by atoms with Gasteiger partial charge in [-0.1, -0.05) is 53.4 Å². The third-order valence-electron chi connectivity index (χ3n) is 4.25. The second kappa shape index (κ2) is 17.2. The first kappa shape index (κ1) is 25.6. The van der Waals surface area contributed by atoms with Gasteiger partial charge in [0.1, 0.15) is 6.42 Å². The van der Waals surface area contributed by atoms with Crippen LogP contribution in [-0.2, 0) is 9.59 Å². The van der Waals surface area contributed by atoms with Crippen LogP contribution in [0, 0.1) is 0 Å². The Labute approximate surface area is 149 Å². The van der Waals surface area contributed by atoms with Crippen LogP contribution < -0.4 is 0 Å². The molecule has 0 aromatic heterocycles. The molecule has 1 radical (unpaired) electrons. The lowest BCUT2D eigenvalue weighted by molar-refractivity contribution is -0.147. The lowest BCUT2D eigenvalue weighted by Crippen LogP contribution is -2.12. The summed E-state index contributed by atoms with van der Waals surface area (Å²) in [6.07, 6.45) is 17.1. The number of carboxylic acid groups (broad SMARTS) is 2. The first-order valence-electron chi connectivity index (χ1n) is 9.66. The predicted octanol–water partition coefficient (Wildman–Crippen LogP) is 5.75. The standard InChI is InChI=1S/C16H36P.C3H4O4/c1-5-9-13-17(14-10-6-2,15-11-7-3)16-12-8-4;4-2(5)1-3(6)7/h5-16H2,1-4H3;1H2,(H,4,5)(H,6,7). The van der Waals surface area contributed by atoms with Crippen molar-refractivity contribution in [3.05, 3.63) is 0 Å². The van der Waals surface area contributed by atoms with E-state index in [1.807, 2.05) is 0 Å². The van der Waals surface area contributed by atoms with Gasteiger partial charge in [0, 0.05) is 0 Å². The van der Waals surface area contributed by atoms with Gasteiger partial charge >= 0.3 is 11.9 Å². The number of hydrogen-bond acceptors (Lipinski definition) is 2. The van der Waals surface area contributed by atoms with Crippen LogP contribution in [0.25, 0.3) is 0 Å². The van der Waals surface area contributed by atoms with E-state index in [2.05, 4.69) is 27.7 Å². The maximum atomic E-state index is 9.43. The summed E-state index contributed by atoms with van der Waals surface area (Å²) in [5, 5.41) is 15.4. The maximum Gasteiger partial charge on any atom is 0.314 e. The summed E-state index contributed by atoms with van der Waals surface area (Å²) in [7, 11) is -0.562. The van der Waals surface area contributed by atoms with Gasteiger partial charge in [-0.25, -0.2) is 0 Å². The van der Waals surface area contributed by atoms with Gasteiger partial charge in [0.05, 0.1) is 0 Å². The van der Waals surface area contributed by atoms with Gasteiger partial charge in [-0.3, -0.25) is 9.59 Å². The summed E-state index contributed by atoms with van der Waals surface area (Å²) in [6, 6.07) is 0. The zero-order chi connectivity index (χ0) is 18.8. The fraction of sp³-hybridized carbons (Fsp3) is 0.895. The fourth-order valence-electron chi connectivity index (χ4n) is 2.77. The average molecular weight is 363 g/mol. The summed E-state index contributed by atoms with van der Waals surface area (Å²) in [6.45, 7) is 9.42. The quantitative estimate of drug-likeness (QED) is 0.304. The second-order valence-corrected chi connectivity index (χ2v) is 11.1. The molecule has 0 fully saturated rings. The normalized spacial score (nSPS) is 10.8. The number of unbranched alkanes of at least 4 members (excludes halogenated alkanes) is 4. The highest BCUT2D eigenvalue weighted by Gasteiger charge is 2.24. The molecule has 0 heterocycles. The molecule has 0 aromatic rings. The Morgan fingerprint density at radius 1 is 0.625 bits per heavy atom. The van der Waals surface area contributed by atoms with E-state index in [0.717, 1.165) is 0 Å². The predicted molar refractivity (Wildman–Crippen MR) is 106 cm³/mol. The van der Waals surface area contributed by atoms with Crippen LogP contribution in [0.3, 0.4) is 0 Å². The van der Waals surface area contributed by atoms with Gasteiger partial charge in [0.2, 0.25) is 0 Å². The van der Waals surface area contributed by atoms with Crippen molar-refractivity contribution in [2.45, 2.75) is 85.5 Å². The highest BCUT2D eigenvalue weighted by molar-refractivity contribution is 7.75. The van der Waals surface area contributed by atoms with Crippen molar-refractivity contribution in [3.63, 3.8) is 0 Å². The van der Waals surface area contributed by atoms with Crippen LogP contribution >= 0.6 is 7.26 Å². The monoisotopic (exact) mass is 363 g/mol. The Balaban J connectivity index is 0. The van der Waals surface area contributed by atoms with Crippen LogP contribution in [0.4, 0.5) is 0 Å². The van der Waals surface area contributed by atoms with E-state index in [1.165, 1.54) is 51.4 Å². The molecule has 0 bridgehead atoms. The zero-order valence-corrected chi connectivity index (χ0v) is 17.2. The molecule has 0 aromatic carbocycles. The molecule has 5 heteroatoms. The van der Waals surface area contributed by atoms with E-state index < -0.39 is 25.6 Å². The molecular weight excluding hydrogens is 323 g/mol. The van der Waals surface area contributed by atoms with E-state index in [-0.39, 0.29) is 0 Å². The van der Waals surface area contributed by atoms with Crippen molar-refractivity contribution < 1.29 is 19.8 Å².